The molecule has 0 saturated carbocycles. The number of benzene rings is 1. The van der Waals surface area contributed by atoms with Crippen LogP contribution in [0, 0.1) is 17.2 Å². The first-order valence-corrected chi connectivity index (χ1v) is 8.21. The van der Waals surface area contributed by atoms with Crippen molar-refractivity contribution in [3.8, 4) is 6.07 Å². The van der Waals surface area contributed by atoms with Crippen LogP contribution in [0.3, 0.4) is 0 Å². The molecule has 1 aromatic heterocycles. The van der Waals surface area contributed by atoms with E-state index < -0.39 is 24.0 Å². The lowest BCUT2D eigenvalue weighted by atomic mass is 9.90. The zero-order valence-corrected chi connectivity index (χ0v) is 15.3. The predicted molar refractivity (Wildman–Crippen MR) is 94.2 cm³/mol. The summed E-state index contributed by atoms with van der Waals surface area (Å²) in [6, 6.07) is 9.24. The number of hydrogen-bond acceptors (Lipinski definition) is 6. The van der Waals surface area contributed by atoms with E-state index in [0.717, 1.165) is 5.39 Å². The summed E-state index contributed by atoms with van der Waals surface area (Å²) in [6.07, 6.45) is 0. The molecule has 7 nitrogen and oxygen atoms in total. The molecule has 1 N–H and O–H groups in total. The number of carbonyl (C=O) groups is 2. The number of nitriles is 1. The van der Waals surface area contributed by atoms with Gasteiger partial charge in [-0.05, 0) is 18.9 Å². The van der Waals surface area contributed by atoms with Crippen LogP contribution in [0.2, 0.25) is 0 Å². The van der Waals surface area contributed by atoms with Crippen LogP contribution in [-0.2, 0) is 20.9 Å². The molecule has 1 heterocycles. The number of methoxy groups -OCH3 is 1. The summed E-state index contributed by atoms with van der Waals surface area (Å²) in [4.78, 5) is 24.4. The summed E-state index contributed by atoms with van der Waals surface area (Å²) in [7, 11) is 1.51. The van der Waals surface area contributed by atoms with Crippen molar-refractivity contribution in [1.29, 1.82) is 5.26 Å². The number of nitrogens with one attached hydrogen (secondary N) is 1. The third-order valence-electron chi connectivity index (χ3n) is 4.29. The first-order valence-electron chi connectivity index (χ1n) is 8.21. The van der Waals surface area contributed by atoms with Crippen LogP contribution in [0.4, 0.5) is 0 Å². The number of hydrogen-bond donors (Lipinski definition) is 1. The molecule has 0 unspecified atom stereocenters. The quantitative estimate of drug-likeness (QED) is 0.764. The molecule has 7 heteroatoms. The fourth-order valence-corrected chi connectivity index (χ4v) is 2.38. The van der Waals surface area contributed by atoms with Gasteiger partial charge in [0.25, 0.3) is 5.91 Å². The Labute approximate surface area is 151 Å². The molecule has 2 rings (SSSR count). The van der Waals surface area contributed by atoms with Crippen molar-refractivity contribution in [1.82, 2.24) is 5.32 Å². The molecular formula is C19H22N2O5. The number of amides is 1. The Morgan fingerprint density at radius 3 is 2.65 bits per heavy atom. The van der Waals surface area contributed by atoms with Crippen molar-refractivity contribution < 1.29 is 23.5 Å². The number of furan rings is 1. The number of fused-ring (bicyclic) bond motifs is 1. The van der Waals surface area contributed by atoms with Gasteiger partial charge in [-0.15, -0.1) is 0 Å². The van der Waals surface area contributed by atoms with Crippen molar-refractivity contribution in [2.24, 2.45) is 5.92 Å². The Balaban J connectivity index is 2.11. The minimum absolute atomic E-state index is 0.00718. The van der Waals surface area contributed by atoms with Gasteiger partial charge in [0.1, 0.15) is 11.1 Å². The van der Waals surface area contributed by atoms with Crippen LogP contribution in [0.25, 0.3) is 11.0 Å². The minimum atomic E-state index is -1.04. The lowest BCUT2D eigenvalue weighted by Crippen LogP contribution is -2.50. The van der Waals surface area contributed by atoms with Crippen molar-refractivity contribution in [3.05, 3.63) is 35.6 Å². The standard InChI is InChI=1S/C19H22N2O5/c1-12(2)19(3,11-20)21-16(22)10-25-18(23)17-14(9-24-4)13-7-5-6-8-15(13)26-17/h5-8,12H,9-10H2,1-4H3,(H,21,22)/t19-/m1/s1. The van der Waals surface area contributed by atoms with E-state index in [1.54, 1.807) is 19.1 Å². The maximum atomic E-state index is 12.4. The number of esters is 1. The van der Waals surface area contributed by atoms with E-state index in [4.69, 9.17) is 13.9 Å². The Bertz CT molecular complexity index is 849. The van der Waals surface area contributed by atoms with E-state index in [-0.39, 0.29) is 18.3 Å². The molecule has 1 aromatic carbocycles. The van der Waals surface area contributed by atoms with Crippen molar-refractivity contribution >= 4 is 22.8 Å². The molecule has 1 amide bonds. The lowest BCUT2D eigenvalue weighted by molar-refractivity contribution is -0.125. The maximum Gasteiger partial charge on any atom is 0.375 e. The number of ether oxygens (including phenoxy) is 2. The fraction of sp³-hybridized carbons (Fsp3) is 0.421. The van der Waals surface area contributed by atoms with Gasteiger partial charge in [-0.2, -0.15) is 5.26 Å². The normalized spacial score (nSPS) is 13.2. The molecule has 0 saturated heterocycles. The molecule has 0 aliphatic rings. The highest BCUT2D eigenvalue weighted by Gasteiger charge is 2.30. The highest BCUT2D eigenvalue weighted by Crippen LogP contribution is 2.27. The first kappa shape index (κ1) is 19.5. The van der Waals surface area contributed by atoms with E-state index >= 15 is 0 Å². The highest BCUT2D eigenvalue weighted by molar-refractivity contribution is 5.96. The van der Waals surface area contributed by atoms with Gasteiger partial charge in [0, 0.05) is 18.1 Å². The minimum Gasteiger partial charge on any atom is -0.450 e. The Morgan fingerprint density at radius 1 is 1.35 bits per heavy atom. The van der Waals surface area contributed by atoms with E-state index in [9.17, 15) is 14.9 Å². The van der Waals surface area contributed by atoms with E-state index in [2.05, 4.69) is 11.4 Å². The topological polar surface area (TPSA) is 102 Å². The van der Waals surface area contributed by atoms with Gasteiger partial charge < -0.3 is 19.2 Å². The molecule has 2 aromatic rings. The molecule has 0 aliphatic carbocycles. The van der Waals surface area contributed by atoms with Crippen molar-refractivity contribution in [3.63, 3.8) is 0 Å². The van der Waals surface area contributed by atoms with Gasteiger partial charge in [-0.3, -0.25) is 4.79 Å². The van der Waals surface area contributed by atoms with Gasteiger partial charge in [-0.25, -0.2) is 4.79 Å². The third kappa shape index (κ3) is 4.03. The zero-order valence-electron chi connectivity index (χ0n) is 15.3. The zero-order chi connectivity index (χ0) is 19.3. The van der Waals surface area contributed by atoms with Crippen LogP contribution in [0.15, 0.2) is 28.7 Å². The lowest BCUT2D eigenvalue weighted by Gasteiger charge is -2.27. The molecule has 26 heavy (non-hydrogen) atoms. The number of nitrogens with zero attached hydrogens (tertiary/aromatic N) is 1. The maximum absolute atomic E-state index is 12.4. The van der Waals surface area contributed by atoms with Gasteiger partial charge in [0.2, 0.25) is 5.76 Å². The molecular weight excluding hydrogens is 336 g/mol. The Kier molecular flexibility index (Phi) is 6.01. The number of rotatable bonds is 7. The highest BCUT2D eigenvalue weighted by atomic mass is 16.5. The van der Waals surface area contributed by atoms with E-state index in [0.29, 0.717) is 11.1 Å². The van der Waals surface area contributed by atoms with Crippen molar-refractivity contribution in [2.45, 2.75) is 32.9 Å². The van der Waals surface area contributed by atoms with Crippen LogP contribution < -0.4 is 5.32 Å². The van der Waals surface area contributed by atoms with Gasteiger partial charge in [0.05, 0.1) is 12.7 Å². The second-order valence-electron chi connectivity index (χ2n) is 6.43. The first-order chi connectivity index (χ1) is 12.3. The molecule has 0 fully saturated rings. The van der Waals surface area contributed by atoms with Crippen LogP contribution in [-0.4, -0.2) is 31.1 Å². The smallest absolute Gasteiger partial charge is 0.375 e. The van der Waals surface area contributed by atoms with Crippen LogP contribution in [0.1, 0.15) is 36.9 Å². The predicted octanol–water partition coefficient (Wildman–Crippen LogP) is 2.79. The summed E-state index contributed by atoms with van der Waals surface area (Å²) in [6.45, 7) is 4.93. The van der Waals surface area contributed by atoms with E-state index in [1.165, 1.54) is 7.11 Å². The van der Waals surface area contributed by atoms with E-state index in [1.807, 2.05) is 26.0 Å². The number of carbonyl (C=O) groups excluding carboxylic acids is 2. The van der Waals surface area contributed by atoms with Gasteiger partial charge >= 0.3 is 5.97 Å². The SMILES string of the molecule is COCc1c(C(=O)OCC(=O)N[C@](C)(C#N)C(C)C)oc2ccccc12. The fourth-order valence-electron chi connectivity index (χ4n) is 2.38. The van der Waals surface area contributed by atoms with Crippen LogP contribution >= 0.6 is 0 Å². The number of para-hydroxylation sites is 1. The Hall–Kier alpha value is -2.85. The molecule has 138 valence electrons. The summed E-state index contributed by atoms with van der Waals surface area (Å²) in [5.41, 5.74) is 0.0646. The summed E-state index contributed by atoms with van der Waals surface area (Å²) < 4.78 is 15.8. The monoisotopic (exact) mass is 358 g/mol. The van der Waals surface area contributed by atoms with Crippen molar-refractivity contribution in [2.75, 3.05) is 13.7 Å². The largest absolute Gasteiger partial charge is 0.450 e. The molecule has 1 atom stereocenters. The molecule has 0 aliphatic heterocycles. The second-order valence-corrected chi connectivity index (χ2v) is 6.43. The van der Waals surface area contributed by atoms with Gasteiger partial charge in [0.15, 0.2) is 6.61 Å². The molecule has 0 bridgehead atoms. The average Bonchev–Trinajstić information content (AvgIpc) is 2.98. The average molecular weight is 358 g/mol. The van der Waals surface area contributed by atoms with Gasteiger partial charge in [-0.1, -0.05) is 32.0 Å². The third-order valence-corrected chi connectivity index (χ3v) is 4.29. The molecule has 0 radical (unpaired) electrons. The summed E-state index contributed by atoms with van der Waals surface area (Å²) in [5, 5.41) is 12.6. The summed E-state index contributed by atoms with van der Waals surface area (Å²) in [5.74, 6) is -1.41. The summed E-state index contributed by atoms with van der Waals surface area (Å²) >= 11 is 0. The van der Waals surface area contributed by atoms with Crippen LogP contribution in [0.5, 0.6) is 0 Å². The Morgan fingerprint density at radius 2 is 2.04 bits per heavy atom. The second kappa shape index (κ2) is 8.02. The molecule has 0 spiro atoms.